The van der Waals surface area contributed by atoms with Gasteiger partial charge in [0.1, 0.15) is 0 Å². The molecule has 0 saturated heterocycles. The van der Waals surface area contributed by atoms with Crippen molar-refractivity contribution >= 4 is 29.7 Å². The van der Waals surface area contributed by atoms with Crippen LogP contribution in [0.15, 0.2) is 26.1 Å². The Balaban J connectivity index is 3.09. The number of nitrogens with one attached hydrogen (secondary N) is 1. The van der Waals surface area contributed by atoms with Crippen molar-refractivity contribution in [2.24, 2.45) is 0 Å². The number of halogens is 1. The third kappa shape index (κ3) is 4.58. The van der Waals surface area contributed by atoms with Gasteiger partial charge in [-0.05, 0) is 29.8 Å². The predicted molar refractivity (Wildman–Crippen MR) is 75.2 cm³/mol. The lowest BCUT2D eigenvalue weighted by Gasteiger charge is -2.12. The van der Waals surface area contributed by atoms with Crippen LogP contribution >= 0.6 is 23.5 Å². The average molecular weight is 353 g/mol. The van der Waals surface area contributed by atoms with Crippen molar-refractivity contribution < 1.29 is 13.6 Å². The SMILES string of the molecule is CCOP(=O)(/C=C/n1cc(Br)c(=O)[nH]c1=O)OCC. The molecule has 0 unspecified atom stereocenters. The summed E-state index contributed by atoms with van der Waals surface area (Å²) in [7, 11) is -3.38. The fourth-order valence-corrected chi connectivity index (χ4v) is 2.80. The van der Waals surface area contributed by atoms with Crippen LogP contribution in [0.5, 0.6) is 0 Å². The van der Waals surface area contributed by atoms with E-state index in [-0.39, 0.29) is 17.7 Å². The van der Waals surface area contributed by atoms with Gasteiger partial charge in [-0.3, -0.25) is 18.9 Å². The van der Waals surface area contributed by atoms with Gasteiger partial charge in [0, 0.05) is 18.2 Å². The van der Waals surface area contributed by atoms with Crippen LogP contribution < -0.4 is 11.2 Å². The van der Waals surface area contributed by atoms with Gasteiger partial charge in [-0.1, -0.05) is 0 Å². The van der Waals surface area contributed by atoms with Crippen molar-refractivity contribution in [3.63, 3.8) is 0 Å². The molecule has 1 aromatic rings. The summed E-state index contributed by atoms with van der Waals surface area (Å²) >= 11 is 2.99. The molecule has 0 spiro atoms. The molecule has 1 heterocycles. The Labute approximate surface area is 117 Å². The normalized spacial score (nSPS) is 12.2. The van der Waals surface area contributed by atoms with Crippen LogP contribution in [-0.4, -0.2) is 22.8 Å². The number of aromatic amines is 1. The Morgan fingerprint density at radius 1 is 1.37 bits per heavy atom. The molecule has 0 aliphatic rings. The van der Waals surface area contributed by atoms with Crippen LogP contribution in [0.2, 0.25) is 0 Å². The molecular weight excluding hydrogens is 339 g/mol. The quantitative estimate of drug-likeness (QED) is 0.790. The van der Waals surface area contributed by atoms with E-state index in [1.54, 1.807) is 13.8 Å². The van der Waals surface area contributed by atoms with Crippen LogP contribution in [0.4, 0.5) is 0 Å². The predicted octanol–water partition coefficient (Wildman–Crippen LogP) is 1.99. The van der Waals surface area contributed by atoms with Gasteiger partial charge in [-0.25, -0.2) is 4.79 Å². The van der Waals surface area contributed by atoms with E-state index in [2.05, 4.69) is 20.9 Å². The summed E-state index contributed by atoms with van der Waals surface area (Å²) in [4.78, 5) is 24.7. The molecule has 0 radical (unpaired) electrons. The zero-order valence-corrected chi connectivity index (χ0v) is 12.9. The van der Waals surface area contributed by atoms with E-state index in [9.17, 15) is 14.2 Å². The minimum absolute atomic E-state index is 0.180. The molecular formula is C10H14BrN2O5P. The second-order valence-electron chi connectivity index (χ2n) is 3.32. The number of hydrogen-bond acceptors (Lipinski definition) is 5. The average Bonchev–Trinajstić information content (AvgIpc) is 2.33. The monoisotopic (exact) mass is 352 g/mol. The maximum atomic E-state index is 12.1. The summed E-state index contributed by atoms with van der Waals surface area (Å²) in [6, 6.07) is 0. The molecule has 0 bridgehead atoms. The number of hydrogen-bond donors (Lipinski definition) is 1. The summed E-state index contributed by atoms with van der Waals surface area (Å²) in [6.45, 7) is 3.79. The molecule has 1 aromatic heterocycles. The third-order valence-electron chi connectivity index (χ3n) is 1.95. The number of H-pyrrole nitrogens is 1. The van der Waals surface area contributed by atoms with Gasteiger partial charge in [0.05, 0.1) is 17.7 Å². The molecule has 106 valence electrons. The summed E-state index contributed by atoms with van der Waals surface area (Å²) in [6.07, 6.45) is 2.50. The van der Waals surface area contributed by atoms with Crippen molar-refractivity contribution in [2.45, 2.75) is 13.8 Å². The molecule has 0 amide bonds. The van der Waals surface area contributed by atoms with Gasteiger partial charge < -0.3 is 9.05 Å². The molecule has 9 heteroatoms. The van der Waals surface area contributed by atoms with Gasteiger partial charge in [-0.2, -0.15) is 0 Å². The highest BCUT2D eigenvalue weighted by molar-refractivity contribution is 9.10. The molecule has 7 nitrogen and oxygen atoms in total. The van der Waals surface area contributed by atoms with Gasteiger partial charge >= 0.3 is 13.3 Å². The largest absolute Gasteiger partial charge is 0.355 e. The molecule has 0 fully saturated rings. The van der Waals surface area contributed by atoms with E-state index in [0.29, 0.717) is 0 Å². The molecule has 1 rings (SSSR count). The second kappa shape index (κ2) is 7.00. The molecule has 0 aliphatic heterocycles. The lowest BCUT2D eigenvalue weighted by atomic mass is 10.6. The first-order chi connectivity index (χ1) is 8.91. The van der Waals surface area contributed by atoms with Crippen LogP contribution in [0, 0.1) is 0 Å². The third-order valence-corrected chi connectivity index (χ3v) is 4.25. The van der Waals surface area contributed by atoms with Crippen molar-refractivity contribution in [3.05, 3.63) is 37.3 Å². The van der Waals surface area contributed by atoms with Gasteiger partial charge in [0.2, 0.25) is 0 Å². The van der Waals surface area contributed by atoms with Crippen LogP contribution in [0.3, 0.4) is 0 Å². The summed E-state index contributed by atoms with van der Waals surface area (Å²) in [5.74, 6) is 1.17. The van der Waals surface area contributed by atoms with Crippen LogP contribution in [0.25, 0.3) is 6.20 Å². The Bertz CT molecular complexity index is 611. The molecule has 19 heavy (non-hydrogen) atoms. The molecule has 0 aliphatic carbocycles. The zero-order valence-electron chi connectivity index (χ0n) is 10.5. The van der Waals surface area contributed by atoms with Crippen molar-refractivity contribution in [1.82, 2.24) is 9.55 Å². The van der Waals surface area contributed by atoms with Crippen molar-refractivity contribution in [1.29, 1.82) is 0 Å². The highest BCUT2D eigenvalue weighted by Gasteiger charge is 2.19. The van der Waals surface area contributed by atoms with Crippen LogP contribution in [0.1, 0.15) is 13.8 Å². The lowest BCUT2D eigenvalue weighted by Crippen LogP contribution is -2.27. The maximum Gasteiger partial charge on any atom is 0.355 e. The Morgan fingerprint density at radius 2 is 1.95 bits per heavy atom. The van der Waals surface area contributed by atoms with Crippen LogP contribution in [-0.2, 0) is 13.6 Å². The summed E-state index contributed by atoms with van der Waals surface area (Å²) in [5.41, 5.74) is -1.18. The molecule has 0 aromatic carbocycles. The first-order valence-electron chi connectivity index (χ1n) is 5.51. The number of aromatic nitrogens is 2. The van der Waals surface area contributed by atoms with E-state index in [1.807, 2.05) is 0 Å². The molecule has 0 atom stereocenters. The van der Waals surface area contributed by atoms with Gasteiger partial charge in [-0.15, -0.1) is 0 Å². The topological polar surface area (TPSA) is 90.4 Å². The van der Waals surface area contributed by atoms with E-state index >= 15 is 0 Å². The minimum Gasteiger partial charge on any atom is -0.306 e. The highest BCUT2D eigenvalue weighted by Crippen LogP contribution is 2.49. The van der Waals surface area contributed by atoms with E-state index in [1.165, 1.54) is 18.2 Å². The summed E-state index contributed by atoms with van der Waals surface area (Å²) in [5, 5.41) is 0. The number of rotatable bonds is 6. The maximum absolute atomic E-state index is 12.1. The highest BCUT2D eigenvalue weighted by atomic mass is 79.9. The lowest BCUT2D eigenvalue weighted by molar-refractivity contribution is 0.229. The molecule has 1 N–H and O–H groups in total. The standard InChI is InChI=1S/C10H14BrN2O5P/c1-3-17-19(16,18-4-2)6-5-13-7-8(11)9(14)12-10(13)15/h5-7H,3-4H2,1-2H3,(H,12,14,15)/b6-5+. The Hall–Kier alpha value is -0.950. The zero-order chi connectivity index (χ0) is 14.5. The fraction of sp³-hybridized carbons (Fsp3) is 0.400. The first kappa shape index (κ1) is 16.1. The van der Waals surface area contributed by atoms with Crippen molar-refractivity contribution in [3.8, 4) is 0 Å². The smallest absolute Gasteiger partial charge is 0.306 e. The Kier molecular flexibility index (Phi) is 5.93. The molecule has 0 saturated carbocycles. The summed E-state index contributed by atoms with van der Waals surface area (Å²) < 4.78 is 23.4. The van der Waals surface area contributed by atoms with Gasteiger partial charge in [0.15, 0.2) is 0 Å². The van der Waals surface area contributed by atoms with E-state index in [0.717, 1.165) is 4.57 Å². The van der Waals surface area contributed by atoms with E-state index in [4.69, 9.17) is 9.05 Å². The van der Waals surface area contributed by atoms with Gasteiger partial charge in [0.25, 0.3) is 5.56 Å². The van der Waals surface area contributed by atoms with Crippen molar-refractivity contribution in [2.75, 3.05) is 13.2 Å². The first-order valence-corrected chi connectivity index (χ1v) is 7.91. The minimum atomic E-state index is -3.38. The number of nitrogens with zero attached hydrogens (tertiary/aromatic N) is 1. The fourth-order valence-electron chi connectivity index (χ4n) is 1.21. The second-order valence-corrected chi connectivity index (χ2v) is 6.07. The van der Waals surface area contributed by atoms with E-state index < -0.39 is 18.8 Å². The Morgan fingerprint density at radius 3 is 2.47 bits per heavy atom.